The second-order valence-corrected chi connectivity index (χ2v) is 7.08. The second kappa shape index (κ2) is 8.15. The number of hydrogen-bond donors (Lipinski definition) is 1. The van der Waals surface area contributed by atoms with Gasteiger partial charge in [0.15, 0.2) is 6.61 Å². The van der Waals surface area contributed by atoms with E-state index in [1.807, 2.05) is 56.3 Å². The van der Waals surface area contributed by atoms with Gasteiger partial charge in [-0.25, -0.2) is 5.43 Å². The molecule has 0 heterocycles. The number of amides is 1. The summed E-state index contributed by atoms with van der Waals surface area (Å²) in [6, 6.07) is 24.4. The van der Waals surface area contributed by atoms with Gasteiger partial charge in [0.2, 0.25) is 0 Å². The monoisotopic (exact) mass is 382 g/mol. The molecule has 0 aromatic heterocycles. The van der Waals surface area contributed by atoms with Crippen molar-refractivity contribution in [2.75, 3.05) is 6.61 Å². The lowest BCUT2D eigenvalue weighted by molar-refractivity contribution is -0.123. The van der Waals surface area contributed by atoms with Gasteiger partial charge in [0.1, 0.15) is 5.75 Å². The maximum absolute atomic E-state index is 12.2. The van der Waals surface area contributed by atoms with E-state index in [2.05, 4.69) is 40.9 Å². The lowest BCUT2D eigenvalue weighted by atomic mass is 9.97. The molecule has 4 rings (SSSR count). The molecule has 0 unspecified atom stereocenters. The number of hydrazone groups is 1. The first-order chi connectivity index (χ1) is 14.1. The maximum atomic E-state index is 12.2. The first-order valence-electron chi connectivity index (χ1n) is 9.54. The van der Waals surface area contributed by atoms with Gasteiger partial charge in [-0.1, -0.05) is 66.2 Å². The summed E-state index contributed by atoms with van der Waals surface area (Å²) in [5.41, 5.74) is 5.71. The van der Waals surface area contributed by atoms with Crippen LogP contribution >= 0.6 is 0 Å². The minimum Gasteiger partial charge on any atom is -0.483 e. The highest BCUT2D eigenvalue weighted by Gasteiger charge is 2.07. The summed E-state index contributed by atoms with van der Waals surface area (Å²) in [6.07, 6.45) is 1.71. The van der Waals surface area contributed by atoms with Crippen LogP contribution in [0, 0.1) is 13.8 Å². The van der Waals surface area contributed by atoms with E-state index >= 15 is 0 Å². The van der Waals surface area contributed by atoms with Crippen molar-refractivity contribution in [1.82, 2.24) is 5.43 Å². The molecular weight excluding hydrogens is 360 g/mol. The van der Waals surface area contributed by atoms with Gasteiger partial charge in [0.25, 0.3) is 5.91 Å². The molecule has 4 aromatic rings. The van der Waals surface area contributed by atoms with Crippen molar-refractivity contribution in [3.8, 4) is 5.75 Å². The average molecular weight is 382 g/mol. The van der Waals surface area contributed by atoms with E-state index in [1.54, 1.807) is 6.21 Å². The number of nitrogens with one attached hydrogen (secondary N) is 1. The molecule has 4 heteroatoms. The van der Waals surface area contributed by atoms with Crippen LogP contribution in [-0.4, -0.2) is 18.7 Å². The van der Waals surface area contributed by atoms with E-state index in [1.165, 1.54) is 0 Å². The third-order valence-electron chi connectivity index (χ3n) is 4.89. The highest BCUT2D eigenvalue weighted by Crippen LogP contribution is 2.27. The molecule has 1 N–H and O–H groups in total. The molecule has 4 aromatic carbocycles. The third-order valence-corrected chi connectivity index (χ3v) is 4.89. The lowest BCUT2D eigenvalue weighted by Gasteiger charge is -2.09. The zero-order chi connectivity index (χ0) is 20.2. The summed E-state index contributed by atoms with van der Waals surface area (Å²) in [6.45, 7) is 3.90. The topological polar surface area (TPSA) is 50.7 Å². The minimum atomic E-state index is -0.300. The van der Waals surface area contributed by atoms with E-state index in [-0.39, 0.29) is 12.5 Å². The molecule has 0 spiro atoms. The quantitative estimate of drug-likeness (QED) is 0.295. The van der Waals surface area contributed by atoms with Gasteiger partial charge < -0.3 is 4.74 Å². The van der Waals surface area contributed by atoms with Crippen LogP contribution in [0.4, 0.5) is 0 Å². The maximum Gasteiger partial charge on any atom is 0.277 e. The van der Waals surface area contributed by atoms with Gasteiger partial charge in [-0.3, -0.25) is 4.79 Å². The van der Waals surface area contributed by atoms with Crippen molar-refractivity contribution in [3.63, 3.8) is 0 Å². The van der Waals surface area contributed by atoms with E-state index in [9.17, 15) is 4.79 Å². The predicted octanol–water partition coefficient (Wildman–Crippen LogP) is 5.14. The first kappa shape index (κ1) is 18.7. The number of benzene rings is 4. The molecule has 0 fully saturated rings. The molecule has 0 radical (unpaired) electrons. The van der Waals surface area contributed by atoms with Crippen LogP contribution in [0.2, 0.25) is 0 Å². The Bertz CT molecular complexity index is 1170. The zero-order valence-electron chi connectivity index (χ0n) is 16.5. The highest BCUT2D eigenvalue weighted by atomic mass is 16.5. The molecule has 0 saturated heterocycles. The number of carbonyl (C=O) groups excluding carboxylic acids is 1. The molecule has 0 atom stereocenters. The number of hydrogen-bond acceptors (Lipinski definition) is 3. The van der Waals surface area contributed by atoms with Crippen LogP contribution in [0.25, 0.3) is 21.5 Å². The summed E-state index contributed by atoms with van der Waals surface area (Å²) >= 11 is 0. The van der Waals surface area contributed by atoms with Crippen molar-refractivity contribution in [2.45, 2.75) is 13.8 Å². The van der Waals surface area contributed by atoms with Crippen LogP contribution in [0.3, 0.4) is 0 Å². The molecule has 0 aliphatic heterocycles. The zero-order valence-corrected chi connectivity index (χ0v) is 16.5. The summed E-state index contributed by atoms with van der Waals surface area (Å²) in [5.74, 6) is 0.403. The van der Waals surface area contributed by atoms with Gasteiger partial charge >= 0.3 is 0 Å². The molecule has 0 bridgehead atoms. The molecule has 0 saturated carbocycles. The normalized spacial score (nSPS) is 11.2. The highest BCUT2D eigenvalue weighted by molar-refractivity contribution is 6.13. The van der Waals surface area contributed by atoms with Crippen molar-refractivity contribution < 1.29 is 9.53 Å². The van der Waals surface area contributed by atoms with Crippen molar-refractivity contribution >= 4 is 33.7 Å². The van der Waals surface area contributed by atoms with Crippen LogP contribution in [-0.2, 0) is 4.79 Å². The van der Waals surface area contributed by atoms with Crippen molar-refractivity contribution in [2.24, 2.45) is 5.10 Å². The fourth-order valence-electron chi connectivity index (χ4n) is 3.49. The number of fused-ring (bicyclic) bond motifs is 2. The molecule has 144 valence electrons. The van der Waals surface area contributed by atoms with Gasteiger partial charge in [-0.2, -0.15) is 5.10 Å². The van der Waals surface area contributed by atoms with Gasteiger partial charge in [-0.05, 0) is 53.1 Å². The Balaban J connectivity index is 1.51. The molecule has 0 aliphatic rings. The average Bonchev–Trinajstić information content (AvgIpc) is 2.72. The Hall–Kier alpha value is -3.66. The van der Waals surface area contributed by atoms with Crippen molar-refractivity contribution in [3.05, 3.63) is 89.5 Å². The molecular formula is C25H22N2O2. The molecule has 4 nitrogen and oxygen atoms in total. The van der Waals surface area contributed by atoms with E-state index in [0.29, 0.717) is 5.75 Å². The fraction of sp³-hybridized carbons (Fsp3) is 0.120. The fourth-order valence-corrected chi connectivity index (χ4v) is 3.49. The van der Waals surface area contributed by atoms with Gasteiger partial charge in [0, 0.05) is 5.56 Å². The van der Waals surface area contributed by atoms with Gasteiger partial charge in [0.05, 0.1) is 6.21 Å². The summed E-state index contributed by atoms with van der Waals surface area (Å²) < 4.78 is 5.61. The molecule has 1 amide bonds. The van der Waals surface area contributed by atoms with Crippen molar-refractivity contribution in [1.29, 1.82) is 0 Å². The Morgan fingerprint density at radius 3 is 2.24 bits per heavy atom. The largest absolute Gasteiger partial charge is 0.483 e. The first-order valence-corrected chi connectivity index (χ1v) is 9.54. The number of carbonyl (C=O) groups is 1. The second-order valence-electron chi connectivity index (χ2n) is 7.08. The predicted molar refractivity (Wildman–Crippen MR) is 119 cm³/mol. The van der Waals surface area contributed by atoms with E-state index in [4.69, 9.17) is 4.74 Å². The molecule has 0 aliphatic carbocycles. The van der Waals surface area contributed by atoms with Crippen LogP contribution < -0.4 is 10.2 Å². The van der Waals surface area contributed by atoms with Crippen LogP contribution in [0.1, 0.15) is 16.7 Å². The van der Waals surface area contributed by atoms with Crippen LogP contribution in [0.5, 0.6) is 5.75 Å². The number of aryl methyl sites for hydroxylation is 2. The third kappa shape index (κ3) is 4.11. The molecule has 29 heavy (non-hydrogen) atoms. The Kier molecular flexibility index (Phi) is 5.25. The van der Waals surface area contributed by atoms with E-state index < -0.39 is 0 Å². The standard InChI is InChI=1S/C25H22N2O2/c1-17-11-12-24(18(2)13-17)29-16-25(28)27-26-15-23-21-9-5-3-7-19(21)14-20-8-4-6-10-22(20)23/h3-15H,16H2,1-2H3,(H,27,28). The van der Waals surface area contributed by atoms with E-state index in [0.717, 1.165) is 38.2 Å². The minimum absolute atomic E-state index is 0.0858. The Morgan fingerprint density at radius 2 is 1.59 bits per heavy atom. The summed E-state index contributed by atoms with van der Waals surface area (Å²) in [5, 5.41) is 8.65. The summed E-state index contributed by atoms with van der Waals surface area (Å²) in [4.78, 5) is 12.2. The summed E-state index contributed by atoms with van der Waals surface area (Å²) in [7, 11) is 0. The number of ether oxygens (including phenoxy) is 1. The lowest BCUT2D eigenvalue weighted by Crippen LogP contribution is -2.24. The SMILES string of the molecule is Cc1ccc(OCC(=O)NN=Cc2c3ccccc3cc3ccccc23)c(C)c1. The Labute approximate surface area is 169 Å². The smallest absolute Gasteiger partial charge is 0.277 e. The Morgan fingerprint density at radius 1 is 0.931 bits per heavy atom. The van der Waals surface area contributed by atoms with Crippen LogP contribution in [0.15, 0.2) is 77.9 Å². The van der Waals surface area contributed by atoms with Gasteiger partial charge in [-0.15, -0.1) is 0 Å². The number of rotatable bonds is 5. The number of nitrogens with zero attached hydrogens (tertiary/aromatic N) is 1.